The van der Waals surface area contributed by atoms with E-state index >= 15 is 0 Å². The van der Waals surface area contributed by atoms with Crippen LogP contribution in [0.15, 0.2) is 6.07 Å². The Kier molecular flexibility index (Phi) is 1.42. The van der Waals surface area contributed by atoms with Gasteiger partial charge in [0.2, 0.25) is 0 Å². The molecule has 0 bridgehead atoms. The monoisotopic (exact) mass is 154 g/mol. The predicted molar refractivity (Wildman–Crippen MR) is 42.9 cm³/mol. The Morgan fingerprint density at radius 2 is 2.50 bits per heavy atom. The second-order valence-electron chi connectivity index (χ2n) is 2.60. The summed E-state index contributed by atoms with van der Waals surface area (Å²) in [6, 6.07) is 2.14. The first kappa shape index (κ1) is 6.23. The highest BCUT2D eigenvalue weighted by atomic mass is 32.1. The first-order chi connectivity index (χ1) is 4.86. The second kappa shape index (κ2) is 2.27. The van der Waals surface area contributed by atoms with Crippen LogP contribution in [0, 0.1) is 6.92 Å². The van der Waals surface area contributed by atoms with Crippen molar-refractivity contribution in [2.75, 3.05) is 6.61 Å². The Morgan fingerprint density at radius 1 is 1.60 bits per heavy atom. The summed E-state index contributed by atoms with van der Waals surface area (Å²) in [4.78, 5) is 2.80. The molecule has 0 fully saturated rings. The molecule has 0 saturated carbocycles. The van der Waals surface area contributed by atoms with Gasteiger partial charge < -0.3 is 4.74 Å². The van der Waals surface area contributed by atoms with Gasteiger partial charge in [0.1, 0.15) is 5.75 Å². The molecule has 54 valence electrons. The van der Waals surface area contributed by atoms with E-state index in [-0.39, 0.29) is 0 Å². The zero-order valence-corrected chi connectivity index (χ0v) is 6.83. The van der Waals surface area contributed by atoms with Crippen molar-refractivity contribution in [3.63, 3.8) is 0 Å². The quantitative estimate of drug-likeness (QED) is 0.557. The molecular formula is C8H10OS. The van der Waals surface area contributed by atoms with E-state index in [1.807, 2.05) is 11.3 Å². The molecule has 0 aliphatic carbocycles. The SMILES string of the molecule is Cc1cc2c(s1)CCCO2. The van der Waals surface area contributed by atoms with Crippen molar-refractivity contribution < 1.29 is 4.74 Å². The number of thiophene rings is 1. The molecule has 0 radical (unpaired) electrons. The summed E-state index contributed by atoms with van der Waals surface area (Å²) in [6.45, 7) is 3.04. The third-order valence-electron chi connectivity index (χ3n) is 1.70. The molecule has 2 rings (SSSR count). The number of fused-ring (bicyclic) bond motifs is 1. The minimum Gasteiger partial charge on any atom is -0.492 e. The Balaban J connectivity index is 2.41. The van der Waals surface area contributed by atoms with Gasteiger partial charge in [0.15, 0.2) is 0 Å². The van der Waals surface area contributed by atoms with Crippen LogP contribution in [-0.4, -0.2) is 6.61 Å². The van der Waals surface area contributed by atoms with E-state index < -0.39 is 0 Å². The Morgan fingerprint density at radius 3 is 3.30 bits per heavy atom. The first-order valence-electron chi connectivity index (χ1n) is 3.58. The van der Waals surface area contributed by atoms with E-state index in [2.05, 4.69) is 13.0 Å². The van der Waals surface area contributed by atoms with Crippen molar-refractivity contribution in [2.45, 2.75) is 19.8 Å². The highest BCUT2D eigenvalue weighted by Gasteiger charge is 2.11. The normalized spacial score (nSPS) is 16.1. The molecule has 0 atom stereocenters. The zero-order valence-electron chi connectivity index (χ0n) is 6.02. The molecule has 1 aromatic rings. The lowest BCUT2D eigenvalue weighted by Gasteiger charge is -2.11. The van der Waals surface area contributed by atoms with E-state index in [1.54, 1.807) is 0 Å². The lowest BCUT2D eigenvalue weighted by molar-refractivity contribution is 0.291. The topological polar surface area (TPSA) is 9.23 Å². The van der Waals surface area contributed by atoms with Crippen molar-refractivity contribution in [3.8, 4) is 5.75 Å². The molecule has 0 saturated heterocycles. The second-order valence-corrected chi connectivity index (χ2v) is 3.94. The van der Waals surface area contributed by atoms with E-state index in [9.17, 15) is 0 Å². The summed E-state index contributed by atoms with van der Waals surface area (Å²) in [5.74, 6) is 1.13. The summed E-state index contributed by atoms with van der Waals surface area (Å²) < 4.78 is 5.45. The van der Waals surface area contributed by atoms with Crippen LogP contribution in [0.3, 0.4) is 0 Å². The molecule has 2 heteroatoms. The van der Waals surface area contributed by atoms with Gasteiger partial charge >= 0.3 is 0 Å². The van der Waals surface area contributed by atoms with E-state index in [0.29, 0.717) is 0 Å². The molecule has 0 N–H and O–H groups in total. The summed E-state index contributed by atoms with van der Waals surface area (Å²) in [6.07, 6.45) is 2.40. The summed E-state index contributed by atoms with van der Waals surface area (Å²) in [7, 11) is 0. The predicted octanol–water partition coefficient (Wildman–Crippen LogP) is 2.38. The fraction of sp³-hybridized carbons (Fsp3) is 0.500. The molecular weight excluding hydrogens is 144 g/mol. The van der Waals surface area contributed by atoms with Gasteiger partial charge in [-0.05, 0) is 25.8 Å². The molecule has 0 amide bonds. The Labute approximate surface area is 64.6 Å². The average molecular weight is 154 g/mol. The van der Waals surface area contributed by atoms with Crippen LogP contribution in [0.2, 0.25) is 0 Å². The number of ether oxygens (including phenoxy) is 1. The van der Waals surface area contributed by atoms with Crippen molar-refractivity contribution >= 4 is 11.3 Å². The smallest absolute Gasteiger partial charge is 0.133 e. The van der Waals surface area contributed by atoms with Crippen molar-refractivity contribution in [1.29, 1.82) is 0 Å². The number of rotatable bonds is 0. The van der Waals surface area contributed by atoms with Crippen LogP contribution >= 0.6 is 11.3 Å². The fourth-order valence-electron chi connectivity index (χ4n) is 1.25. The molecule has 1 nitrogen and oxygen atoms in total. The van der Waals surface area contributed by atoms with Gasteiger partial charge in [-0.2, -0.15) is 0 Å². The standard InChI is InChI=1S/C8H10OS/c1-6-5-7-8(10-6)3-2-4-9-7/h5H,2-4H2,1H3. The minimum atomic E-state index is 0.906. The average Bonchev–Trinajstić information content (AvgIpc) is 2.27. The molecule has 0 spiro atoms. The molecule has 1 aliphatic rings. The van der Waals surface area contributed by atoms with Crippen molar-refractivity contribution in [1.82, 2.24) is 0 Å². The van der Waals surface area contributed by atoms with Crippen LogP contribution in [-0.2, 0) is 6.42 Å². The van der Waals surface area contributed by atoms with Gasteiger partial charge in [-0.1, -0.05) is 0 Å². The van der Waals surface area contributed by atoms with E-state index in [1.165, 1.54) is 22.6 Å². The first-order valence-corrected chi connectivity index (χ1v) is 4.40. The Bertz CT molecular complexity index is 216. The molecule has 0 unspecified atom stereocenters. The minimum absolute atomic E-state index is 0.906. The summed E-state index contributed by atoms with van der Waals surface area (Å²) >= 11 is 1.87. The third-order valence-corrected chi connectivity index (χ3v) is 2.79. The summed E-state index contributed by atoms with van der Waals surface area (Å²) in [5.41, 5.74) is 0. The maximum Gasteiger partial charge on any atom is 0.133 e. The maximum absolute atomic E-state index is 5.45. The van der Waals surface area contributed by atoms with E-state index in [0.717, 1.165) is 12.4 Å². The van der Waals surface area contributed by atoms with Gasteiger partial charge in [0, 0.05) is 9.75 Å². The van der Waals surface area contributed by atoms with E-state index in [4.69, 9.17) is 4.74 Å². The van der Waals surface area contributed by atoms with Crippen LogP contribution in [0.5, 0.6) is 5.75 Å². The number of hydrogen-bond acceptors (Lipinski definition) is 2. The van der Waals surface area contributed by atoms with Crippen LogP contribution in [0.1, 0.15) is 16.2 Å². The fourth-order valence-corrected chi connectivity index (χ4v) is 2.27. The van der Waals surface area contributed by atoms with Crippen molar-refractivity contribution in [2.24, 2.45) is 0 Å². The van der Waals surface area contributed by atoms with Crippen molar-refractivity contribution in [3.05, 3.63) is 15.8 Å². The largest absolute Gasteiger partial charge is 0.492 e. The molecule has 1 aromatic heterocycles. The highest BCUT2D eigenvalue weighted by Crippen LogP contribution is 2.32. The lowest BCUT2D eigenvalue weighted by Crippen LogP contribution is -2.04. The van der Waals surface area contributed by atoms with Crippen LogP contribution in [0.25, 0.3) is 0 Å². The Hall–Kier alpha value is -0.500. The van der Waals surface area contributed by atoms with Gasteiger partial charge in [-0.15, -0.1) is 11.3 Å². The van der Waals surface area contributed by atoms with Crippen LogP contribution in [0.4, 0.5) is 0 Å². The molecule has 10 heavy (non-hydrogen) atoms. The van der Waals surface area contributed by atoms with Gasteiger partial charge in [-0.25, -0.2) is 0 Å². The molecule has 1 aliphatic heterocycles. The van der Waals surface area contributed by atoms with Gasteiger partial charge in [-0.3, -0.25) is 0 Å². The summed E-state index contributed by atoms with van der Waals surface area (Å²) in [5, 5.41) is 0. The lowest BCUT2D eigenvalue weighted by atomic mass is 10.2. The number of aryl methyl sites for hydroxylation is 2. The van der Waals surface area contributed by atoms with Gasteiger partial charge in [0.05, 0.1) is 6.61 Å². The third kappa shape index (κ3) is 0.926. The molecule has 0 aromatic carbocycles. The number of hydrogen-bond donors (Lipinski definition) is 0. The maximum atomic E-state index is 5.45. The van der Waals surface area contributed by atoms with Gasteiger partial charge in [0.25, 0.3) is 0 Å². The zero-order chi connectivity index (χ0) is 6.97. The highest BCUT2D eigenvalue weighted by molar-refractivity contribution is 7.12. The molecule has 2 heterocycles. The van der Waals surface area contributed by atoms with Crippen LogP contribution < -0.4 is 4.74 Å².